The van der Waals surface area contributed by atoms with Crippen LogP contribution >= 0.6 is 0 Å². The van der Waals surface area contributed by atoms with Crippen LogP contribution in [0.5, 0.6) is 5.75 Å². The molecule has 0 spiro atoms. The summed E-state index contributed by atoms with van der Waals surface area (Å²) in [6, 6.07) is 6.08. The monoisotopic (exact) mass is 1130 g/mol. The number of nitrogens with two attached hydrogens (primary N) is 6. The van der Waals surface area contributed by atoms with Crippen LogP contribution < -0.4 is 76.4 Å². The number of amides is 10. The smallest absolute Gasteiger partial charge is 0.245 e. The minimum absolute atomic E-state index is 0.00834. The molecule has 0 bridgehead atoms. The molecule has 27 heteroatoms. The number of hydrogen-bond donors (Lipinski definition) is 13. The van der Waals surface area contributed by atoms with Gasteiger partial charge in [0.1, 0.15) is 54.1 Å². The lowest BCUT2D eigenvalue weighted by molar-refractivity contribution is -0.143. The summed E-state index contributed by atoms with van der Waals surface area (Å²) in [6.07, 6.45) is 0.963. The molecule has 81 heavy (non-hydrogen) atoms. The standard InChI is InChI=1S/C54H84N16O11/c1-6-35(52(80)70-28-14-19-41(70)50(78)67-37(18-13-27-62-54(59)60)46(74)65-36(45(56)73)17-12-26-61-53(57)58)64-49(77)40(30-42(55)71)68-51(79)44(31(4)5)69-47(75)38(25-22-32-15-10-9-11-16-32)66-48(76)39(63-43(72)7-2)29-33-20-23-34(24-21-33)81-8-3/h9-11,15-16,20-21,23-24,31,35-41,44H,6-8,12-14,17-19,22,25-30H2,1-5H3,(H2,55,71)(H2,56,73)(H,63,72)(H,64,77)(H,65,74)(H,66,76)(H,67,78)(H,68,79)(H,69,75)(H4,57,58,61)(H4,59,60,62)/t35-,36-,37-,38-,39+,40-,41-,44-/m0/s1. The lowest BCUT2D eigenvalue weighted by Crippen LogP contribution is -2.61. The zero-order valence-electron chi connectivity index (χ0n) is 47.0. The fourth-order valence-corrected chi connectivity index (χ4v) is 8.80. The Labute approximate surface area is 472 Å². The number of nitrogens with one attached hydrogen (secondary N) is 7. The van der Waals surface area contributed by atoms with Crippen molar-refractivity contribution in [3.63, 3.8) is 0 Å². The number of hydrogen-bond acceptors (Lipinski definition) is 13. The molecular weight excluding hydrogens is 1050 g/mol. The Morgan fingerprint density at radius 3 is 1.70 bits per heavy atom. The highest BCUT2D eigenvalue weighted by molar-refractivity contribution is 5.99. The molecule has 27 nitrogen and oxygen atoms in total. The van der Waals surface area contributed by atoms with Gasteiger partial charge in [0.2, 0.25) is 59.1 Å². The van der Waals surface area contributed by atoms with E-state index in [0.717, 1.165) is 5.56 Å². The molecule has 0 aliphatic carbocycles. The first-order valence-electron chi connectivity index (χ1n) is 27.3. The number of aryl methyl sites for hydroxylation is 1. The van der Waals surface area contributed by atoms with E-state index < -0.39 is 120 Å². The van der Waals surface area contributed by atoms with Gasteiger partial charge in [-0.25, -0.2) is 0 Å². The molecule has 1 aliphatic heterocycles. The molecule has 8 atom stereocenters. The Morgan fingerprint density at radius 2 is 1.15 bits per heavy atom. The van der Waals surface area contributed by atoms with Gasteiger partial charge in [0.05, 0.1) is 13.0 Å². The maximum Gasteiger partial charge on any atom is 0.245 e. The van der Waals surface area contributed by atoms with Crippen LogP contribution in [0.1, 0.15) is 110 Å². The van der Waals surface area contributed by atoms with Gasteiger partial charge in [0.15, 0.2) is 11.9 Å². The minimum atomic E-state index is -1.65. The number of aliphatic imine (C=N–C) groups is 2. The topological polar surface area (TPSA) is 448 Å². The molecule has 0 saturated carbocycles. The third-order valence-electron chi connectivity index (χ3n) is 13.2. The van der Waals surface area contributed by atoms with E-state index in [1.807, 2.05) is 37.3 Å². The van der Waals surface area contributed by atoms with Gasteiger partial charge < -0.3 is 81.3 Å². The third-order valence-corrected chi connectivity index (χ3v) is 13.2. The summed E-state index contributed by atoms with van der Waals surface area (Å²) >= 11 is 0. The van der Waals surface area contributed by atoms with Crippen molar-refractivity contribution in [3.8, 4) is 5.75 Å². The summed E-state index contributed by atoms with van der Waals surface area (Å²) < 4.78 is 5.54. The minimum Gasteiger partial charge on any atom is -0.494 e. The molecule has 0 unspecified atom stereocenters. The van der Waals surface area contributed by atoms with Gasteiger partial charge >= 0.3 is 0 Å². The van der Waals surface area contributed by atoms with Crippen molar-refractivity contribution in [1.82, 2.24) is 42.1 Å². The number of benzene rings is 2. The predicted octanol–water partition coefficient (Wildman–Crippen LogP) is -2.41. The normalized spacial score (nSPS) is 15.4. The molecule has 1 fully saturated rings. The van der Waals surface area contributed by atoms with E-state index in [1.165, 1.54) is 4.90 Å². The number of likely N-dealkylation sites (tertiary alicyclic amines) is 1. The second-order valence-electron chi connectivity index (χ2n) is 19.9. The van der Waals surface area contributed by atoms with Crippen molar-refractivity contribution in [2.45, 2.75) is 160 Å². The lowest BCUT2D eigenvalue weighted by Gasteiger charge is -2.31. The van der Waals surface area contributed by atoms with Gasteiger partial charge in [0, 0.05) is 32.5 Å². The van der Waals surface area contributed by atoms with Gasteiger partial charge in [-0.2, -0.15) is 0 Å². The van der Waals surface area contributed by atoms with Crippen LogP contribution in [0.25, 0.3) is 0 Å². The van der Waals surface area contributed by atoms with Crippen LogP contribution in [0.2, 0.25) is 0 Å². The van der Waals surface area contributed by atoms with Crippen molar-refractivity contribution < 1.29 is 52.7 Å². The molecule has 3 rings (SSSR count). The number of carbonyl (C=O) groups excluding carboxylic acids is 10. The summed E-state index contributed by atoms with van der Waals surface area (Å²) in [6.45, 7) is 9.14. The molecule has 0 radical (unpaired) electrons. The first kappa shape index (κ1) is 66.8. The number of guanidine groups is 2. The SMILES string of the molecule is CCOc1ccc(C[C@@H](NC(=O)CC)C(=O)N[C@@H](CCc2ccccc2)C(=O)N[C@H](C(=O)N[C@@H](CC(N)=O)C(=O)N[C@@H](CC)C(=O)N2CCC[C@H]2C(=O)N[C@@H](CCCN=C(N)N)C(=O)N[C@@H](CCCN=C(N)N)C(N)=O)C(C)C)cc1. The molecule has 0 aromatic heterocycles. The van der Waals surface area contributed by atoms with E-state index >= 15 is 0 Å². The number of nitrogens with zero attached hydrogens (tertiary/aromatic N) is 3. The highest BCUT2D eigenvalue weighted by Gasteiger charge is 2.40. The molecule has 19 N–H and O–H groups in total. The first-order chi connectivity index (χ1) is 38.5. The van der Waals surface area contributed by atoms with Crippen LogP contribution in [0.4, 0.5) is 0 Å². The van der Waals surface area contributed by atoms with Gasteiger partial charge in [-0.3, -0.25) is 57.9 Å². The Balaban J connectivity index is 1.82. The summed E-state index contributed by atoms with van der Waals surface area (Å²) in [5, 5.41) is 18.6. The fourth-order valence-electron chi connectivity index (χ4n) is 8.80. The molecule has 1 heterocycles. The zero-order chi connectivity index (χ0) is 60.2. The van der Waals surface area contributed by atoms with Gasteiger partial charge in [0.25, 0.3) is 0 Å². The van der Waals surface area contributed by atoms with Crippen LogP contribution in [0.15, 0.2) is 64.6 Å². The highest BCUT2D eigenvalue weighted by Crippen LogP contribution is 2.21. The molecule has 1 aliphatic rings. The maximum atomic E-state index is 14.3. The summed E-state index contributed by atoms with van der Waals surface area (Å²) in [5.74, 6) is -7.99. The Hall–Kier alpha value is -8.52. The highest BCUT2D eigenvalue weighted by atomic mass is 16.5. The number of primary amides is 2. The third kappa shape index (κ3) is 23.4. The van der Waals surface area contributed by atoms with E-state index in [1.54, 1.807) is 52.0 Å². The largest absolute Gasteiger partial charge is 0.494 e. The average Bonchev–Trinajstić information content (AvgIpc) is 3.93. The van der Waals surface area contributed by atoms with Crippen molar-refractivity contribution in [2.75, 3.05) is 26.2 Å². The van der Waals surface area contributed by atoms with Crippen LogP contribution in [0, 0.1) is 5.92 Å². The predicted molar refractivity (Wildman–Crippen MR) is 303 cm³/mol. The summed E-state index contributed by atoms with van der Waals surface area (Å²) in [7, 11) is 0. The van der Waals surface area contributed by atoms with Gasteiger partial charge in [-0.1, -0.05) is 70.2 Å². The Bertz CT molecular complexity index is 2500. The average molecular weight is 1130 g/mol. The number of rotatable bonds is 35. The first-order valence-corrected chi connectivity index (χ1v) is 27.3. The summed E-state index contributed by atoms with van der Waals surface area (Å²) in [5.41, 5.74) is 34.4. The molecule has 2 aromatic carbocycles. The molecule has 446 valence electrons. The van der Waals surface area contributed by atoms with E-state index in [0.29, 0.717) is 30.8 Å². The fraction of sp³-hybridized carbons (Fsp3) is 0.556. The number of carbonyl (C=O) groups is 10. The molecule has 2 aromatic rings. The molecule has 1 saturated heterocycles. The number of ether oxygens (including phenoxy) is 1. The maximum absolute atomic E-state index is 14.3. The Kier molecular flexibility index (Phi) is 28.4. The molecular formula is C54H84N16O11. The van der Waals surface area contributed by atoms with E-state index in [-0.39, 0.29) is 89.3 Å². The van der Waals surface area contributed by atoms with E-state index in [2.05, 4.69) is 47.2 Å². The summed E-state index contributed by atoms with van der Waals surface area (Å²) in [4.78, 5) is 145. The van der Waals surface area contributed by atoms with E-state index in [9.17, 15) is 47.9 Å². The van der Waals surface area contributed by atoms with Crippen LogP contribution in [0.3, 0.4) is 0 Å². The van der Waals surface area contributed by atoms with Crippen molar-refractivity contribution >= 4 is 71.0 Å². The van der Waals surface area contributed by atoms with Gasteiger partial charge in [-0.05, 0) is 93.9 Å². The van der Waals surface area contributed by atoms with Crippen LogP contribution in [-0.4, -0.2) is 150 Å². The van der Waals surface area contributed by atoms with Gasteiger partial charge in [-0.15, -0.1) is 0 Å². The second kappa shape index (κ2) is 34.5. The van der Waals surface area contributed by atoms with Crippen molar-refractivity contribution in [2.24, 2.45) is 50.3 Å². The van der Waals surface area contributed by atoms with E-state index in [4.69, 9.17) is 39.1 Å². The van der Waals surface area contributed by atoms with Crippen molar-refractivity contribution in [1.29, 1.82) is 0 Å². The lowest BCUT2D eigenvalue weighted by atomic mass is 9.99. The zero-order valence-corrected chi connectivity index (χ0v) is 47.0. The quantitative estimate of drug-likeness (QED) is 0.0194. The molecule has 10 amide bonds. The second-order valence-corrected chi connectivity index (χ2v) is 19.9. The van der Waals surface area contributed by atoms with Crippen LogP contribution in [-0.2, 0) is 60.8 Å². The Morgan fingerprint density at radius 1 is 0.605 bits per heavy atom. The van der Waals surface area contributed by atoms with Crippen molar-refractivity contribution in [3.05, 3.63) is 65.7 Å².